The van der Waals surface area contributed by atoms with Gasteiger partial charge in [0.25, 0.3) is 5.91 Å². The van der Waals surface area contributed by atoms with E-state index >= 15 is 0 Å². The number of rotatable bonds is 3. The second-order valence-corrected chi connectivity index (χ2v) is 10.2. The Hall–Kier alpha value is -3.23. The molecular weight excluding hydrogens is 454 g/mol. The van der Waals surface area contributed by atoms with Crippen molar-refractivity contribution < 1.29 is 14.3 Å². The lowest BCUT2D eigenvalue weighted by atomic mass is 10.0. The minimum Gasteiger partial charge on any atom is -0.453 e. The predicted molar refractivity (Wildman–Crippen MR) is 133 cm³/mol. The fourth-order valence-electron chi connectivity index (χ4n) is 4.04. The lowest BCUT2D eigenvalue weighted by molar-refractivity contribution is 0.102. The van der Waals surface area contributed by atoms with Gasteiger partial charge < -0.3 is 15.0 Å². The third kappa shape index (κ3) is 4.00. The zero-order valence-corrected chi connectivity index (χ0v) is 20.2. The van der Waals surface area contributed by atoms with E-state index < -0.39 is 0 Å². The first-order valence-corrected chi connectivity index (χ1v) is 12.3. The minimum absolute atomic E-state index is 0.149. The third-order valence-corrected chi connectivity index (χ3v) is 8.18. The lowest BCUT2D eigenvalue weighted by Gasteiger charge is -2.25. The van der Waals surface area contributed by atoms with E-state index in [1.165, 1.54) is 18.4 Å². The number of methoxy groups -OCH3 is 1. The Balaban J connectivity index is 1.57. The van der Waals surface area contributed by atoms with Crippen LogP contribution in [0.15, 0.2) is 42.5 Å². The Labute approximate surface area is 199 Å². The molecule has 1 N–H and O–H groups in total. The van der Waals surface area contributed by atoms with Crippen LogP contribution < -0.4 is 5.32 Å². The molecule has 4 aromatic rings. The van der Waals surface area contributed by atoms with Gasteiger partial charge in [0.05, 0.1) is 23.9 Å². The second-order valence-electron chi connectivity index (χ2n) is 8.09. The molecule has 0 saturated carbocycles. The molecule has 6 nitrogen and oxygen atoms in total. The van der Waals surface area contributed by atoms with Crippen molar-refractivity contribution in [3.05, 3.63) is 69.6 Å². The fraction of sp³-hybridized carbons (Fsp3) is 0.240. The quantitative estimate of drug-likeness (QED) is 0.392. The van der Waals surface area contributed by atoms with Gasteiger partial charge in [0.2, 0.25) is 0 Å². The maximum Gasteiger partial charge on any atom is 0.409 e. The topological polar surface area (TPSA) is 71.5 Å². The molecule has 33 heavy (non-hydrogen) atoms. The van der Waals surface area contributed by atoms with Crippen LogP contribution in [0.3, 0.4) is 0 Å². The fourth-order valence-corrected chi connectivity index (χ4v) is 6.41. The van der Waals surface area contributed by atoms with Gasteiger partial charge in [-0.3, -0.25) is 4.79 Å². The van der Waals surface area contributed by atoms with E-state index in [1.54, 1.807) is 16.2 Å². The van der Waals surface area contributed by atoms with Gasteiger partial charge in [-0.25, -0.2) is 9.78 Å². The molecule has 2 aromatic carbocycles. The maximum absolute atomic E-state index is 13.2. The average Bonchev–Trinajstić information content (AvgIpc) is 3.40. The number of thiophene rings is 1. The molecule has 5 rings (SSSR count). The van der Waals surface area contributed by atoms with Gasteiger partial charge in [-0.1, -0.05) is 18.2 Å². The molecule has 168 valence electrons. The van der Waals surface area contributed by atoms with Gasteiger partial charge in [0.15, 0.2) is 0 Å². The van der Waals surface area contributed by atoms with Crippen molar-refractivity contribution in [3.8, 4) is 10.6 Å². The Morgan fingerprint density at radius 1 is 1.09 bits per heavy atom. The highest BCUT2D eigenvalue weighted by molar-refractivity contribution is 7.23. The maximum atomic E-state index is 13.2. The van der Waals surface area contributed by atoms with Crippen molar-refractivity contribution in [2.45, 2.75) is 26.8 Å². The molecule has 2 amide bonds. The summed E-state index contributed by atoms with van der Waals surface area (Å²) < 4.78 is 6.02. The number of carbonyl (C=O) groups excluding carboxylic acids is 2. The highest BCUT2D eigenvalue weighted by Gasteiger charge is 2.30. The first-order valence-electron chi connectivity index (χ1n) is 10.7. The largest absolute Gasteiger partial charge is 0.453 e. The molecule has 1 aliphatic heterocycles. The molecule has 3 heterocycles. The second kappa shape index (κ2) is 8.61. The number of nitrogens with zero attached hydrogens (tertiary/aromatic N) is 2. The van der Waals surface area contributed by atoms with Crippen molar-refractivity contribution in [3.63, 3.8) is 0 Å². The number of thiazole rings is 1. The SMILES string of the molecule is COC(=O)N1CCc2c(sc(NC(=O)c3ccc(C)c(C)c3)c2-c2nc3ccccc3s2)C1. The van der Waals surface area contributed by atoms with Crippen LogP contribution >= 0.6 is 22.7 Å². The summed E-state index contributed by atoms with van der Waals surface area (Å²) in [6.07, 6.45) is 0.349. The molecule has 1 aliphatic rings. The zero-order valence-electron chi connectivity index (χ0n) is 18.6. The molecule has 2 aromatic heterocycles. The summed E-state index contributed by atoms with van der Waals surface area (Å²) in [7, 11) is 1.40. The van der Waals surface area contributed by atoms with Crippen LogP contribution in [0.1, 0.15) is 31.9 Å². The average molecular weight is 478 g/mol. The van der Waals surface area contributed by atoms with Crippen molar-refractivity contribution >= 4 is 49.9 Å². The van der Waals surface area contributed by atoms with Crippen molar-refractivity contribution in [2.75, 3.05) is 19.0 Å². The number of amides is 2. The molecule has 0 atom stereocenters. The van der Waals surface area contributed by atoms with E-state index in [9.17, 15) is 9.59 Å². The molecule has 0 spiro atoms. The zero-order chi connectivity index (χ0) is 23.1. The van der Waals surface area contributed by atoms with E-state index in [1.807, 2.05) is 50.2 Å². The van der Waals surface area contributed by atoms with Crippen molar-refractivity contribution in [1.82, 2.24) is 9.88 Å². The number of hydrogen-bond donors (Lipinski definition) is 1. The predicted octanol–water partition coefficient (Wildman–Crippen LogP) is 6.02. The van der Waals surface area contributed by atoms with Crippen LogP contribution in [0.25, 0.3) is 20.8 Å². The molecule has 0 fully saturated rings. The summed E-state index contributed by atoms with van der Waals surface area (Å²) in [6.45, 7) is 5.06. The van der Waals surface area contributed by atoms with Crippen LogP contribution in [-0.4, -0.2) is 35.5 Å². The number of carbonyl (C=O) groups is 2. The number of fused-ring (bicyclic) bond motifs is 2. The lowest BCUT2D eigenvalue weighted by Crippen LogP contribution is -2.35. The highest BCUT2D eigenvalue weighted by atomic mass is 32.1. The summed E-state index contributed by atoms with van der Waals surface area (Å²) in [6, 6.07) is 13.8. The molecule has 0 aliphatic carbocycles. The smallest absolute Gasteiger partial charge is 0.409 e. The molecule has 8 heteroatoms. The molecule has 0 bridgehead atoms. The Bertz CT molecular complexity index is 1360. The number of aryl methyl sites for hydroxylation is 2. The van der Waals surface area contributed by atoms with Crippen LogP contribution in [0.2, 0.25) is 0 Å². The Kier molecular flexibility index (Phi) is 5.64. The monoisotopic (exact) mass is 477 g/mol. The van der Waals surface area contributed by atoms with Gasteiger partial charge in [0, 0.05) is 22.5 Å². The van der Waals surface area contributed by atoms with Gasteiger partial charge in [-0.2, -0.15) is 0 Å². The number of anilines is 1. The normalized spacial score (nSPS) is 13.1. The summed E-state index contributed by atoms with van der Waals surface area (Å²) in [4.78, 5) is 32.9. The molecular formula is C25H23N3O3S2. The first-order chi connectivity index (χ1) is 15.9. The molecule has 0 radical (unpaired) electrons. The van der Waals surface area contributed by atoms with Gasteiger partial charge in [-0.05, 0) is 61.2 Å². The molecule has 0 unspecified atom stereocenters. The highest BCUT2D eigenvalue weighted by Crippen LogP contribution is 2.45. The van der Waals surface area contributed by atoms with E-state index in [0.29, 0.717) is 25.1 Å². The minimum atomic E-state index is -0.337. The van der Waals surface area contributed by atoms with Crippen LogP contribution in [-0.2, 0) is 17.7 Å². The van der Waals surface area contributed by atoms with Crippen LogP contribution in [0, 0.1) is 13.8 Å². The number of para-hydroxylation sites is 1. The summed E-state index contributed by atoms with van der Waals surface area (Å²) in [5.74, 6) is -0.149. The van der Waals surface area contributed by atoms with E-state index in [4.69, 9.17) is 9.72 Å². The number of ether oxygens (including phenoxy) is 1. The van der Waals surface area contributed by atoms with E-state index in [0.717, 1.165) is 47.4 Å². The number of aromatic nitrogens is 1. The number of nitrogens with one attached hydrogen (secondary N) is 1. The standard InChI is InChI=1S/C25H23N3O3S2/c1-14-8-9-16(12-15(14)2)22(29)27-24-21(23-26-18-6-4-5-7-19(18)32-23)17-10-11-28(25(30)31-3)13-20(17)33-24/h4-9,12H,10-11,13H2,1-3H3,(H,27,29). The van der Waals surface area contributed by atoms with Gasteiger partial charge in [0.1, 0.15) is 10.0 Å². The van der Waals surface area contributed by atoms with Crippen molar-refractivity contribution in [2.24, 2.45) is 0 Å². The summed E-state index contributed by atoms with van der Waals surface area (Å²) in [5, 5.41) is 4.80. The summed E-state index contributed by atoms with van der Waals surface area (Å²) >= 11 is 3.13. The van der Waals surface area contributed by atoms with Crippen LogP contribution in [0.4, 0.5) is 9.80 Å². The van der Waals surface area contributed by atoms with Gasteiger partial charge >= 0.3 is 6.09 Å². The van der Waals surface area contributed by atoms with Crippen molar-refractivity contribution in [1.29, 1.82) is 0 Å². The third-order valence-electron chi connectivity index (χ3n) is 5.99. The van der Waals surface area contributed by atoms with Gasteiger partial charge in [-0.15, -0.1) is 22.7 Å². The Morgan fingerprint density at radius 3 is 2.67 bits per heavy atom. The Morgan fingerprint density at radius 2 is 1.91 bits per heavy atom. The number of benzene rings is 2. The van der Waals surface area contributed by atoms with E-state index in [-0.39, 0.29) is 12.0 Å². The van der Waals surface area contributed by atoms with E-state index in [2.05, 4.69) is 11.4 Å². The van der Waals surface area contributed by atoms with Crippen LogP contribution in [0.5, 0.6) is 0 Å². The summed E-state index contributed by atoms with van der Waals surface area (Å²) in [5.41, 5.74) is 5.91. The molecule has 0 saturated heterocycles. The first kappa shape index (κ1) is 21.6. The number of hydrogen-bond acceptors (Lipinski definition) is 6.